The average Bonchev–Trinajstić information content (AvgIpc) is 2.61. The molecule has 2 aliphatic heterocycles. The van der Waals surface area contributed by atoms with Crippen LogP contribution >= 0.6 is 0 Å². The van der Waals surface area contributed by atoms with E-state index in [1.54, 1.807) is 0 Å². The highest BCUT2D eigenvalue weighted by Crippen LogP contribution is 2.25. The van der Waals surface area contributed by atoms with Gasteiger partial charge in [0.1, 0.15) is 0 Å². The molecule has 144 valence electrons. The smallest absolute Gasteiger partial charge is 0.317 e. The van der Waals surface area contributed by atoms with Gasteiger partial charge in [0.25, 0.3) is 0 Å². The molecular formula is C22H35N3O. The molecule has 2 unspecified atom stereocenters. The molecule has 0 radical (unpaired) electrons. The highest BCUT2D eigenvalue weighted by molar-refractivity contribution is 5.74. The summed E-state index contributed by atoms with van der Waals surface area (Å²) in [5.74, 6) is 2.39. The molecule has 1 aromatic rings. The number of nitrogens with zero attached hydrogens (tertiary/aromatic N) is 2. The van der Waals surface area contributed by atoms with Crippen LogP contribution < -0.4 is 5.32 Å². The van der Waals surface area contributed by atoms with Crippen molar-refractivity contribution in [1.29, 1.82) is 0 Å². The number of amides is 2. The summed E-state index contributed by atoms with van der Waals surface area (Å²) >= 11 is 0. The molecule has 2 aliphatic rings. The van der Waals surface area contributed by atoms with E-state index in [4.69, 9.17) is 0 Å². The minimum atomic E-state index is 0.0873. The third kappa shape index (κ3) is 5.47. The summed E-state index contributed by atoms with van der Waals surface area (Å²) < 4.78 is 0. The van der Waals surface area contributed by atoms with Crippen LogP contribution in [0.1, 0.15) is 44.2 Å². The fourth-order valence-electron chi connectivity index (χ4n) is 4.62. The SMILES string of the molecule is Cc1ccc(CNC(=O)N2CCC(CN3CC(C)CC(C)C3)CC2)cc1. The van der Waals surface area contributed by atoms with Gasteiger partial charge >= 0.3 is 6.03 Å². The third-order valence-electron chi connectivity index (χ3n) is 5.93. The quantitative estimate of drug-likeness (QED) is 0.887. The van der Waals surface area contributed by atoms with E-state index in [1.165, 1.54) is 31.6 Å². The standard InChI is InChI=1S/C22H35N3O/c1-17-4-6-20(7-5-17)13-23-22(26)25-10-8-21(9-11-25)16-24-14-18(2)12-19(3)15-24/h4-7,18-19,21H,8-16H2,1-3H3,(H,23,26). The Balaban J connectivity index is 1.38. The van der Waals surface area contributed by atoms with Crippen molar-refractivity contribution in [3.05, 3.63) is 35.4 Å². The van der Waals surface area contributed by atoms with E-state index >= 15 is 0 Å². The lowest BCUT2D eigenvalue weighted by Crippen LogP contribution is -2.47. The van der Waals surface area contributed by atoms with Crippen LogP contribution in [0, 0.1) is 24.7 Å². The summed E-state index contributed by atoms with van der Waals surface area (Å²) in [7, 11) is 0. The summed E-state index contributed by atoms with van der Waals surface area (Å²) in [6, 6.07) is 8.44. The summed E-state index contributed by atoms with van der Waals surface area (Å²) in [4.78, 5) is 17.1. The number of hydrogen-bond donors (Lipinski definition) is 1. The van der Waals surface area contributed by atoms with E-state index in [2.05, 4.69) is 55.3 Å². The van der Waals surface area contributed by atoms with Crippen LogP contribution in [-0.4, -0.2) is 48.6 Å². The molecule has 2 saturated heterocycles. The monoisotopic (exact) mass is 357 g/mol. The van der Waals surface area contributed by atoms with Crippen molar-refractivity contribution in [1.82, 2.24) is 15.1 Å². The van der Waals surface area contributed by atoms with Crippen molar-refractivity contribution in [2.24, 2.45) is 17.8 Å². The Morgan fingerprint density at radius 2 is 1.69 bits per heavy atom. The molecule has 0 spiro atoms. The molecule has 1 aromatic carbocycles. The maximum Gasteiger partial charge on any atom is 0.317 e. The number of rotatable bonds is 4. The number of hydrogen-bond acceptors (Lipinski definition) is 2. The minimum Gasteiger partial charge on any atom is -0.334 e. The van der Waals surface area contributed by atoms with Gasteiger partial charge in [-0.05, 0) is 49.5 Å². The van der Waals surface area contributed by atoms with Crippen LogP contribution in [0.3, 0.4) is 0 Å². The average molecular weight is 358 g/mol. The largest absolute Gasteiger partial charge is 0.334 e. The van der Waals surface area contributed by atoms with Gasteiger partial charge in [-0.1, -0.05) is 43.7 Å². The highest BCUT2D eigenvalue weighted by atomic mass is 16.2. The second kappa shape index (κ2) is 8.90. The number of carbonyl (C=O) groups is 1. The van der Waals surface area contributed by atoms with Gasteiger partial charge in [0.05, 0.1) is 0 Å². The minimum absolute atomic E-state index is 0.0873. The molecule has 4 nitrogen and oxygen atoms in total. The third-order valence-corrected chi connectivity index (χ3v) is 5.93. The van der Waals surface area contributed by atoms with Crippen LogP contribution in [0.5, 0.6) is 0 Å². The number of aryl methyl sites for hydroxylation is 1. The predicted molar refractivity (Wildman–Crippen MR) is 107 cm³/mol. The lowest BCUT2D eigenvalue weighted by Gasteiger charge is -2.39. The maximum absolute atomic E-state index is 12.4. The Labute approximate surface area is 158 Å². The molecular weight excluding hydrogens is 322 g/mol. The first-order chi connectivity index (χ1) is 12.5. The topological polar surface area (TPSA) is 35.6 Å². The Morgan fingerprint density at radius 1 is 1.08 bits per heavy atom. The van der Waals surface area contributed by atoms with Gasteiger partial charge in [0, 0.05) is 39.3 Å². The van der Waals surface area contributed by atoms with E-state index < -0.39 is 0 Å². The van der Waals surface area contributed by atoms with Gasteiger partial charge in [-0.3, -0.25) is 0 Å². The molecule has 3 rings (SSSR count). The zero-order chi connectivity index (χ0) is 18.5. The van der Waals surface area contributed by atoms with Gasteiger partial charge in [-0.25, -0.2) is 4.79 Å². The zero-order valence-electron chi connectivity index (χ0n) is 16.7. The Hall–Kier alpha value is -1.55. The van der Waals surface area contributed by atoms with E-state index in [1.807, 2.05) is 4.90 Å². The van der Waals surface area contributed by atoms with E-state index in [-0.39, 0.29) is 6.03 Å². The number of nitrogens with one attached hydrogen (secondary N) is 1. The molecule has 4 heteroatoms. The van der Waals surface area contributed by atoms with Crippen molar-refractivity contribution in [3.8, 4) is 0 Å². The molecule has 0 bridgehead atoms. The van der Waals surface area contributed by atoms with Crippen molar-refractivity contribution in [2.45, 2.75) is 46.6 Å². The summed E-state index contributed by atoms with van der Waals surface area (Å²) in [5.41, 5.74) is 2.41. The lowest BCUT2D eigenvalue weighted by atomic mass is 9.89. The van der Waals surface area contributed by atoms with Crippen molar-refractivity contribution >= 4 is 6.03 Å². The first-order valence-corrected chi connectivity index (χ1v) is 10.3. The highest BCUT2D eigenvalue weighted by Gasteiger charge is 2.27. The molecule has 0 aliphatic carbocycles. The molecule has 2 fully saturated rings. The molecule has 26 heavy (non-hydrogen) atoms. The summed E-state index contributed by atoms with van der Waals surface area (Å²) in [6.45, 7) is 13.0. The first kappa shape index (κ1) is 19.2. The van der Waals surface area contributed by atoms with Crippen LogP contribution in [0.15, 0.2) is 24.3 Å². The second-order valence-electron chi connectivity index (χ2n) is 8.74. The molecule has 1 N–H and O–H groups in total. The van der Waals surface area contributed by atoms with Gasteiger partial charge in [-0.15, -0.1) is 0 Å². The molecule has 2 amide bonds. The fraction of sp³-hybridized carbons (Fsp3) is 0.682. The second-order valence-corrected chi connectivity index (χ2v) is 8.74. The van der Waals surface area contributed by atoms with Gasteiger partial charge < -0.3 is 15.1 Å². The van der Waals surface area contributed by atoms with Gasteiger partial charge in [0.2, 0.25) is 0 Å². The Morgan fingerprint density at radius 3 is 2.31 bits per heavy atom. The normalized spacial score (nSPS) is 25.3. The van der Waals surface area contributed by atoms with Crippen LogP contribution in [-0.2, 0) is 6.54 Å². The fourth-order valence-corrected chi connectivity index (χ4v) is 4.62. The number of urea groups is 1. The van der Waals surface area contributed by atoms with E-state index in [0.717, 1.165) is 49.2 Å². The molecule has 0 saturated carbocycles. The predicted octanol–water partition coefficient (Wildman–Crippen LogP) is 3.89. The van der Waals surface area contributed by atoms with Crippen LogP contribution in [0.4, 0.5) is 4.79 Å². The van der Waals surface area contributed by atoms with Crippen molar-refractivity contribution in [3.63, 3.8) is 0 Å². The number of benzene rings is 1. The van der Waals surface area contributed by atoms with Crippen molar-refractivity contribution in [2.75, 3.05) is 32.7 Å². The molecule has 2 atom stereocenters. The van der Waals surface area contributed by atoms with Gasteiger partial charge in [0.15, 0.2) is 0 Å². The Kier molecular flexibility index (Phi) is 6.58. The van der Waals surface area contributed by atoms with E-state index in [9.17, 15) is 4.79 Å². The molecule has 0 aromatic heterocycles. The first-order valence-electron chi connectivity index (χ1n) is 10.3. The number of likely N-dealkylation sites (tertiary alicyclic amines) is 2. The Bertz CT molecular complexity index is 568. The number of carbonyl (C=O) groups excluding carboxylic acids is 1. The zero-order valence-corrected chi connectivity index (χ0v) is 16.7. The van der Waals surface area contributed by atoms with Crippen LogP contribution in [0.25, 0.3) is 0 Å². The van der Waals surface area contributed by atoms with Crippen LogP contribution in [0.2, 0.25) is 0 Å². The number of piperidine rings is 2. The lowest BCUT2D eigenvalue weighted by molar-refractivity contribution is 0.0995. The summed E-state index contributed by atoms with van der Waals surface area (Å²) in [6.07, 6.45) is 3.64. The summed E-state index contributed by atoms with van der Waals surface area (Å²) in [5, 5.41) is 3.07. The maximum atomic E-state index is 12.4. The van der Waals surface area contributed by atoms with Gasteiger partial charge in [-0.2, -0.15) is 0 Å². The van der Waals surface area contributed by atoms with E-state index in [0.29, 0.717) is 6.54 Å². The molecule has 2 heterocycles. The van der Waals surface area contributed by atoms with Crippen molar-refractivity contribution < 1.29 is 4.79 Å².